The van der Waals surface area contributed by atoms with E-state index in [9.17, 15) is 13.2 Å². The van der Waals surface area contributed by atoms with Crippen LogP contribution in [0.1, 0.15) is 6.42 Å². The molecule has 1 heterocycles. The number of benzene rings is 1. The smallest absolute Gasteiger partial charge is 0.319 e. The van der Waals surface area contributed by atoms with Gasteiger partial charge in [-0.05, 0) is 24.6 Å². The van der Waals surface area contributed by atoms with Gasteiger partial charge in [-0.1, -0.05) is 0 Å². The predicted octanol–water partition coefficient (Wildman–Crippen LogP) is 0.253. The molecule has 1 aliphatic heterocycles. The molecule has 1 atom stereocenters. The molecule has 2 rings (SSSR count). The van der Waals surface area contributed by atoms with Gasteiger partial charge in [0.05, 0.1) is 30.3 Å². The number of amides is 2. The molecular weight excluding hydrogens is 298 g/mol. The summed E-state index contributed by atoms with van der Waals surface area (Å²) in [6.07, 6.45) is 0.738. The topological polar surface area (TPSA) is 120 Å². The van der Waals surface area contributed by atoms with Crippen molar-refractivity contribution in [2.75, 3.05) is 25.6 Å². The maximum Gasteiger partial charge on any atom is 0.319 e. The quantitative estimate of drug-likeness (QED) is 0.736. The first-order valence-corrected chi connectivity index (χ1v) is 7.81. The van der Waals surface area contributed by atoms with E-state index in [4.69, 9.17) is 14.6 Å². The van der Waals surface area contributed by atoms with Gasteiger partial charge in [-0.3, -0.25) is 0 Å². The molecule has 4 N–H and O–H groups in total. The zero-order chi connectivity index (χ0) is 15.5. The lowest BCUT2D eigenvalue weighted by Gasteiger charge is -2.14. The zero-order valence-corrected chi connectivity index (χ0v) is 12.3. The fraction of sp³-hybridized carbons (Fsp3) is 0.417. The SMILES string of the molecule is COc1ccc(S(N)(=O)=O)cc1NC(=O)NC1CCOC1. The highest BCUT2D eigenvalue weighted by Crippen LogP contribution is 2.27. The molecule has 2 amide bonds. The van der Waals surface area contributed by atoms with Gasteiger partial charge in [0.15, 0.2) is 0 Å². The Morgan fingerprint density at radius 1 is 1.48 bits per heavy atom. The average Bonchev–Trinajstić information content (AvgIpc) is 2.90. The molecule has 1 aliphatic rings. The first-order chi connectivity index (χ1) is 9.90. The van der Waals surface area contributed by atoms with Crippen molar-refractivity contribution in [3.8, 4) is 5.75 Å². The monoisotopic (exact) mass is 315 g/mol. The van der Waals surface area contributed by atoms with E-state index in [1.807, 2.05) is 0 Å². The molecule has 1 aromatic carbocycles. The van der Waals surface area contributed by atoms with Crippen molar-refractivity contribution in [2.45, 2.75) is 17.4 Å². The van der Waals surface area contributed by atoms with Crippen molar-refractivity contribution in [2.24, 2.45) is 5.14 Å². The fourth-order valence-electron chi connectivity index (χ4n) is 1.95. The zero-order valence-electron chi connectivity index (χ0n) is 11.5. The predicted molar refractivity (Wildman–Crippen MR) is 75.7 cm³/mol. The Kier molecular flexibility index (Phi) is 4.66. The lowest BCUT2D eigenvalue weighted by Crippen LogP contribution is -2.38. The largest absolute Gasteiger partial charge is 0.495 e. The number of rotatable bonds is 4. The van der Waals surface area contributed by atoms with Crippen LogP contribution >= 0.6 is 0 Å². The van der Waals surface area contributed by atoms with Crippen molar-refractivity contribution >= 4 is 21.7 Å². The third-order valence-electron chi connectivity index (χ3n) is 3.01. The molecular formula is C12H17N3O5S. The van der Waals surface area contributed by atoms with E-state index in [-0.39, 0.29) is 16.6 Å². The molecule has 116 valence electrons. The average molecular weight is 315 g/mol. The van der Waals surface area contributed by atoms with Crippen LogP contribution in [0, 0.1) is 0 Å². The molecule has 21 heavy (non-hydrogen) atoms. The van der Waals surface area contributed by atoms with E-state index in [0.717, 1.165) is 6.42 Å². The molecule has 0 aliphatic carbocycles. The number of methoxy groups -OCH3 is 1. The number of nitrogens with one attached hydrogen (secondary N) is 2. The summed E-state index contributed by atoms with van der Waals surface area (Å²) in [7, 11) is -2.44. The minimum atomic E-state index is -3.86. The highest BCUT2D eigenvalue weighted by molar-refractivity contribution is 7.89. The summed E-state index contributed by atoms with van der Waals surface area (Å²) in [4.78, 5) is 11.8. The Balaban J connectivity index is 2.15. The van der Waals surface area contributed by atoms with Crippen LogP contribution in [0.3, 0.4) is 0 Å². The number of nitrogens with two attached hydrogens (primary N) is 1. The number of hydrogen-bond acceptors (Lipinski definition) is 5. The fourth-order valence-corrected chi connectivity index (χ4v) is 2.49. The summed E-state index contributed by atoms with van der Waals surface area (Å²) in [5.74, 6) is 0.334. The van der Waals surface area contributed by atoms with Crippen molar-refractivity contribution in [1.29, 1.82) is 0 Å². The Morgan fingerprint density at radius 3 is 2.81 bits per heavy atom. The van der Waals surface area contributed by atoms with Gasteiger partial charge in [0.1, 0.15) is 5.75 Å². The highest BCUT2D eigenvalue weighted by atomic mass is 32.2. The molecule has 1 saturated heterocycles. The first-order valence-electron chi connectivity index (χ1n) is 6.26. The van der Waals surface area contributed by atoms with Crippen molar-refractivity contribution in [3.05, 3.63) is 18.2 Å². The van der Waals surface area contributed by atoms with E-state index in [1.165, 1.54) is 25.3 Å². The molecule has 0 aromatic heterocycles. The van der Waals surface area contributed by atoms with Gasteiger partial charge in [0.25, 0.3) is 0 Å². The number of ether oxygens (including phenoxy) is 2. The molecule has 0 bridgehead atoms. The third-order valence-corrected chi connectivity index (χ3v) is 3.92. The number of anilines is 1. The Labute approximate surface area is 122 Å². The maximum absolute atomic E-state index is 11.9. The third kappa shape index (κ3) is 4.06. The van der Waals surface area contributed by atoms with Gasteiger partial charge in [0, 0.05) is 6.61 Å². The van der Waals surface area contributed by atoms with Crippen LogP contribution in [0.2, 0.25) is 0 Å². The van der Waals surface area contributed by atoms with E-state index in [1.54, 1.807) is 0 Å². The summed E-state index contributed by atoms with van der Waals surface area (Å²) >= 11 is 0. The van der Waals surface area contributed by atoms with E-state index in [2.05, 4.69) is 10.6 Å². The van der Waals surface area contributed by atoms with Gasteiger partial charge < -0.3 is 20.1 Å². The van der Waals surface area contributed by atoms with E-state index >= 15 is 0 Å². The molecule has 0 spiro atoms. The molecule has 1 fully saturated rings. The van der Waals surface area contributed by atoms with Gasteiger partial charge in [-0.25, -0.2) is 18.4 Å². The van der Waals surface area contributed by atoms with Crippen LogP contribution in [0.4, 0.5) is 10.5 Å². The van der Waals surface area contributed by atoms with Crippen LogP contribution in [0.15, 0.2) is 23.1 Å². The van der Waals surface area contributed by atoms with Gasteiger partial charge in [0.2, 0.25) is 10.0 Å². The molecule has 1 aromatic rings. The maximum atomic E-state index is 11.9. The summed E-state index contributed by atoms with van der Waals surface area (Å²) in [6.45, 7) is 1.07. The normalized spacial score (nSPS) is 18.3. The molecule has 8 nitrogen and oxygen atoms in total. The number of primary sulfonamides is 1. The van der Waals surface area contributed by atoms with Crippen molar-refractivity contribution < 1.29 is 22.7 Å². The van der Waals surface area contributed by atoms with Gasteiger partial charge in [-0.15, -0.1) is 0 Å². The van der Waals surface area contributed by atoms with Crippen LogP contribution in [0.5, 0.6) is 5.75 Å². The van der Waals surface area contributed by atoms with Crippen LogP contribution in [-0.4, -0.2) is 40.8 Å². The summed E-state index contributed by atoms with van der Waals surface area (Å²) < 4.78 is 32.9. The lowest BCUT2D eigenvalue weighted by atomic mass is 10.2. The lowest BCUT2D eigenvalue weighted by molar-refractivity contribution is 0.189. The second kappa shape index (κ2) is 6.29. The molecule has 1 unspecified atom stereocenters. The second-order valence-electron chi connectivity index (χ2n) is 4.57. The number of sulfonamides is 1. The van der Waals surface area contributed by atoms with Crippen LogP contribution < -0.4 is 20.5 Å². The molecule has 0 saturated carbocycles. The minimum Gasteiger partial charge on any atom is -0.495 e. The highest BCUT2D eigenvalue weighted by Gasteiger charge is 2.19. The minimum absolute atomic E-state index is 0.0579. The van der Waals surface area contributed by atoms with Crippen LogP contribution in [-0.2, 0) is 14.8 Å². The standard InChI is InChI=1S/C12H17N3O5S/c1-19-11-3-2-9(21(13,17)18)6-10(11)15-12(16)14-8-4-5-20-7-8/h2-3,6,8H,4-5,7H2,1H3,(H2,13,17,18)(H2,14,15,16). The molecule has 9 heteroatoms. The molecule has 0 radical (unpaired) electrons. The van der Waals surface area contributed by atoms with Gasteiger partial charge >= 0.3 is 6.03 Å². The van der Waals surface area contributed by atoms with E-state index in [0.29, 0.717) is 19.0 Å². The van der Waals surface area contributed by atoms with Crippen molar-refractivity contribution in [1.82, 2.24) is 5.32 Å². The summed E-state index contributed by atoms with van der Waals surface area (Å²) in [6, 6.07) is 3.46. The number of carbonyl (C=O) groups is 1. The Bertz CT molecular complexity index is 626. The summed E-state index contributed by atoms with van der Waals surface area (Å²) in [5, 5.41) is 10.3. The van der Waals surface area contributed by atoms with E-state index < -0.39 is 16.1 Å². The summed E-state index contributed by atoms with van der Waals surface area (Å²) in [5.41, 5.74) is 0.223. The number of urea groups is 1. The number of hydrogen-bond donors (Lipinski definition) is 3. The van der Waals surface area contributed by atoms with Crippen molar-refractivity contribution in [3.63, 3.8) is 0 Å². The Morgan fingerprint density at radius 2 is 2.24 bits per heavy atom. The van der Waals surface area contributed by atoms with Gasteiger partial charge in [-0.2, -0.15) is 0 Å². The number of carbonyl (C=O) groups excluding carboxylic acids is 1. The Hall–Kier alpha value is -1.84. The van der Waals surface area contributed by atoms with Crippen LogP contribution in [0.25, 0.3) is 0 Å². The second-order valence-corrected chi connectivity index (χ2v) is 6.13. The first kappa shape index (κ1) is 15.5.